The third-order valence-corrected chi connectivity index (χ3v) is 2.56. The van der Waals surface area contributed by atoms with Gasteiger partial charge in [-0.2, -0.15) is 0 Å². The Hall–Kier alpha value is -2.17. The van der Waals surface area contributed by atoms with Crippen LogP contribution in [-0.2, 0) is 6.54 Å². The van der Waals surface area contributed by atoms with Crippen LogP contribution in [0.25, 0.3) is 0 Å². The molecule has 0 radical (unpaired) electrons. The predicted octanol–water partition coefficient (Wildman–Crippen LogP) is 2.54. The molecule has 0 unspecified atom stereocenters. The molecule has 0 aliphatic rings. The van der Waals surface area contributed by atoms with Gasteiger partial charge in [-0.05, 0) is 24.6 Å². The number of anilines is 1. The van der Waals surface area contributed by atoms with Crippen molar-refractivity contribution in [2.45, 2.75) is 13.5 Å². The monoisotopic (exact) mass is 247 g/mol. The molecule has 0 saturated heterocycles. The van der Waals surface area contributed by atoms with Crippen LogP contribution >= 0.6 is 0 Å². The van der Waals surface area contributed by atoms with E-state index in [0.29, 0.717) is 12.2 Å². The molecule has 18 heavy (non-hydrogen) atoms. The number of benzene rings is 1. The molecule has 1 aromatic carbocycles. The van der Waals surface area contributed by atoms with Gasteiger partial charge in [0, 0.05) is 6.54 Å². The molecule has 0 bridgehead atoms. The van der Waals surface area contributed by atoms with Crippen molar-refractivity contribution in [2.24, 2.45) is 0 Å². The second-order valence-electron chi connectivity index (χ2n) is 3.83. The molecular formula is C13H14FN3O. The highest BCUT2D eigenvalue weighted by Gasteiger charge is 2.06. The van der Waals surface area contributed by atoms with E-state index in [1.807, 2.05) is 24.3 Å². The van der Waals surface area contributed by atoms with Gasteiger partial charge in [0.25, 0.3) is 0 Å². The normalized spacial score (nSPS) is 10.2. The number of hydrogen-bond donors (Lipinski definition) is 1. The zero-order valence-corrected chi connectivity index (χ0v) is 10.3. The average Bonchev–Trinajstić information content (AvgIpc) is 2.41. The van der Waals surface area contributed by atoms with Crippen LogP contribution in [0.4, 0.5) is 10.2 Å². The summed E-state index contributed by atoms with van der Waals surface area (Å²) in [6, 6.07) is 7.57. The smallest absolute Gasteiger partial charge is 0.186 e. The van der Waals surface area contributed by atoms with Gasteiger partial charge in [0.1, 0.15) is 12.1 Å². The van der Waals surface area contributed by atoms with Crippen molar-refractivity contribution >= 4 is 5.82 Å². The van der Waals surface area contributed by atoms with E-state index in [9.17, 15) is 4.39 Å². The molecule has 0 aliphatic heterocycles. The molecule has 4 nitrogen and oxygen atoms in total. The molecule has 1 heterocycles. The summed E-state index contributed by atoms with van der Waals surface area (Å²) in [5, 5.41) is 2.94. The molecule has 0 amide bonds. The molecule has 5 heteroatoms. The van der Waals surface area contributed by atoms with Gasteiger partial charge in [-0.15, -0.1) is 0 Å². The Morgan fingerprint density at radius 1 is 1.33 bits per heavy atom. The van der Waals surface area contributed by atoms with Crippen LogP contribution in [0.5, 0.6) is 5.75 Å². The van der Waals surface area contributed by atoms with Gasteiger partial charge >= 0.3 is 0 Å². The summed E-state index contributed by atoms with van der Waals surface area (Å²) < 4.78 is 18.8. The third kappa shape index (κ3) is 2.74. The summed E-state index contributed by atoms with van der Waals surface area (Å²) in [5.41, 5.74) is 1.32. The highest BCUT2D eigenvalue weighted by Crippen LogP contribution is 2.16. The minimum atomic E-state index is -0.416. The van der Waals surface area contributed by atoms with Crippen molar-refractivity contribution in [3.8, 4) is 5.75 Å². The fraction of sp³-hybridized carbons (Fsp3) is 0.231. The molecule has 0 saturated carbocycles. The van der Waals surface area contributed by atoms with Crippen molar-refractivity contribution in [2.75, 3.05) is 12.4 Å². The second kappa shape index (κ2) is 5.44. The van der Waals surface area contributed by atoms with Crippen LogP contribution in [0.15, 0.2) is 30.6 Å². The van der Waals surface area contributed by atoms with Crippen LogP contribution in [0, 0.1) is 12.7 Å². The maximum atomic E-state index is 13.6. The zero-order valence-electron chi connectivity index (χ0n) is 10.3. The molecule has 0 atom stereocenters. The van der Waals surface area contributed by atoms with Gasteiger partial charge in [-0.3, -0.25) is 0 Å². The number of halogens is 1. The summed E-state index contributed by atoms with van der Waals surface area (Å²) in [6.45, 7) is 2.08. The lowest BCUT2D eigenvalue weighted by molar-refractivity contribution is 0.414. The topological polar surface area (TPSA) is 47.0 Å². The molecule has 94 valence electrons. The minimum Gasteiger partial charge on any atom is -0.497 e. The number of hydrogen-bond acceptors (Lipinski definition) is 4. The van der Waals surface area contributed by atoms with E-state index >= 15 is 0 Å². The van der Waals surface area contributed by atoms with Crippen LogP contribution in [0.1, 0.15) is 11.3 Å². The molecule has 0 fully saturated rings. The number of nitrogens with one attached hydrogen (secondary N) is 1. The first-order valence-corrected chi connectivity index (χ1v) is 5.54. The summed E-state index contributed by atoms with van der Waals surface area (Å²) in [6.07, 6.45) is 1.34. The van der Waals surface area contributed by atoms with Crippen molar-refractivity contribution in [3.63, 3.8) is 0 Å². The van der Waals surface area contributed by atoms with E-state index in [1.165, 1.54) is 6.33 Å². The first-order valence-electron chi connectivity index (χ1n) is 5.54. The standard InChI is InChI=1S/C13H14FN3O/c1-9-12(14)13(17-8-16-9)15-7-10-4-3-5-11(6-10)18-2/h3-6,8H,7H2,1-2H3,(H,15,16,17). The van der Waals surface area contributed by atoms with Crippen LogP contribution < -0.4 is 10.1 Å². The summed E-state index contributed by atoms with van der Waals surface area (Å²) in [5.74, 6) is 0.569. The van der Waals surface area contributed by atoms with Gasteiger partial charge in [0.05, 0.1) is 12.8 Å². The van der Waals surface area contributed by atoms with E-state index in [1.54, 1.807) is 14.0 Å². The fourth-order valence-electron chi connectivity index (χ4n) is 1.55. The number of methoxy groups -OCH3 is 1. The Labute approximate surface area is 105 Å². The van der Waals surface area contributed by atoms with Crippen molar-refractivity contribution < 1.29 is 9.13 Å². The summed E-state index contributed by atoms with van der Waals surface area (Å²) in [7, 11) is 1.61. The molecule has 0 spiro atoms. The van der Waals surface area contributed by atoms with E-state index in [4.69, 9.17) is 4.74 Å². The highest BCUT2D eigenvalue weighted by molar-refractivity contribution is 5.39. The van der Waals surface area contributed by atoms with Gasteiger partial charge in [-0.1, -0.05) is 12.1 Å². The lowest BCUT2D eigenvalue weighted by Gasteiger charge is -2.08. The van der Waals surface area contributed by atoms with Gasteiger partial charge in [-0.25, -0.2) is 14.4 Å². The third-order valence-electron chi connectivity index (χ3n) is 2.56. The number of rotatable bonds is 4. The molecule has 1 N–H and O–H groups in total. The predicted molar refractivity (Wildman–Crippen MR) is 67.0 cm³/mol. The number of ether oxygens (including phenoxy) is 1. The average molecular weight is 247 g/mol. The van der Waals surface area contributed by atoms with Gasteiger partial charge < -0.3 is 10.1 Å². The Balaban J connectivity index is 2.09. The molecule has 2 rings (SSSR count). The van der Waals surface area contributed by atoms with Crippen LogP contribution in [-0.4, -0.2) is 17.1 Å². The zero-order chi connectivity index (χ0) is 13.0. The van der Waals surface area contributed by atoms with Crippen LogP contribution in [0.3, 0.4) is 0 Å². The van der Waals surface area contributed by atoms with Crippen molar-refractivity contribution in [1.29, 1.82) is 0 Å². The van der Waals surface area contributed by atoms with E-state index in [2.05, 4.69) is 15.3 Å². The van der Waals surface area contributed by atoms with Crippen LogP contribution in [0.2, 0.25) is 0 Å². The fourth-order valence-corrected chi connectivity index (χ4v) is 1.55. The minimum absolute atomic E-state index is 0.213. The number of aromatic nitrogens is 2. The molecular weight excluding hydrogens is 233 g/mol. The Morgan fingerprint density at radius 3 is 2.94 bits per heavy atom. The molecule has 2 aromatic rings. The van der Waals surface area contributed by atoms with E-state index in [0.717, 1.165) is 11.3 Å². The number of aryl methyl sites for hydroxylation is 1. The summed E-state index contributed by atoms with van der Waals surface area (Å²) in [4.78, 5) is 7.64. The Morgan fingerprint density at radius 2 is 2.17 bits per heavy atom. The highest BCUT2D eigenvalue weighted by atomic mass is 19.1. The number of nitrogens with zero attached hydrogens (tertiary/aromatic N) is 2. The van der Waals surface area contributed by atoms with Gasteiger partial charge in [0.2, 0.25) is 0 Å². The maximum Gasteiger partial charge on any atom is 0.186 e. The lowest BCUT2D eigenvalue weighted by Crippen LogP contribution is -2.05. The van der Waals surface area contributed by atoms with Gasteiger partial charge in [0.15, 0.2) is 11.6 Å². The first kappa shape index (κ1) is 12.3. The molecule has 1 aromatic heterocycles. The second-order valence-corrected chi connectivity index (χ2v) is 3.83. The van der Waals surface area contributed by atoms with Crippen molar-refractivity contribution in [1.82, 2.24) is 9.97 Å². The SMILES string of the molecule is COc1cccc(CNc2ncnc(C)c2F)c1. The van der Waals surface area contributed by atoms with E-state index in [-0.39, 0.29) is 5.82 Å². The Bertz CT molecular complexity index is 546. The summed E-state index contributed by atoms with van der Waals surface area (Å²) >= 11 is 0. The lowest BCUT2D eigenvalue weighted by atomic mass is 10.2. The van der Waals surface area contributed by atoms with E-state index < -0.39 is 5.82 Å². The maximum absolute atomic E-state index is 13.6. The quantitative estimate of drug-likeness (QED) is 0.902. The first-order chi connectivity index (χ1) is 8.70. The Kier molecular flexibility index (Phi) is 3.72. The molecule has 0 aliphatic carbocycles. The largest absolute Gasteiger partial charge is 0.497 e. The van der Waals surface area contributed by atoms with Crippen molar-refractivity contribution in [3.05, 3.63) is 47.7 Å².